The normalized spacial score (nSPS) is 11.4. The molecule has 0 heterocycles. The number of aromatic carboxylic acids is 1. The van der Waals surface area contributed by atoms with Crippen molar-refractivity contribution in [3.05, 3.63) is 35.9 Å². The average molecular weight is 457 g/mol. The number of unbranched alkanes of at least 4 members (excludes halogenated alkanes) is 12. The van der Waals surface area contributed by atoms with Crippen molar-refractivity contribution in [2.24, 2.45) is 5.92 Å². The lowest BCUT2D eigenvalue weighted by Gasteiger charge is -2.12. The molecule has 0 bridgehead atoms. The van der Waals surface area contributed by atoms with E-state index in [1.807, 2.05) is 12.1 Å². The van der Waals surface area contributed by atoms with Crippen molar-refractivity contribution in [3.8, 4) is 11.5 Å². The summed E-state index contributed by atoms with van der Waals surface area (Å²) in [6.07, 6.45) is 18.4. The Labute approximate surface area is 200 Å². The van der Waals surface area contributed by atoms with E-state index in [-0.39, 0.29) is 11.3 Å². The second kappa shape index (κ2) is 15.6. The molecule has 0 radical (unpaired) electrons. The van der Waals surface area contributed by atoms with Gasteiger partial charge >= 0.3 is 5.97 Å². The Morgan fingerprint density at radius 1 is 0.788 bits per heavy atom. The highest BCUT2D eigenvalue weighted by Gasteiger charge is 2.16. The Morgan fingerprint density at radius 3 is 1.79 bits per heavy atom. The summed E-state index contributed by atoms with van der Waals surface area (Å²) in [4.78, 5) is 11.4. The van der Waals surface area contributed by atoms with Crippen molar-refractivity contribution in [3.63, 3.8) is 0 Å². The Bertz CT molecular complexity index is 828. The predicted octanol–water partition coefficient (Wildman–Crippen LogP) is 8.74. The number of carboxylic acid groups (broad SMARTS) is 1. The van der Waals surface area contributed by atoms with Crippen molar-refractivity contribution in [2.45, 2.75) is 104 Å². The highest BCUT2D eigenvalue weighted by Crippen LogP contribution is 2.36. The van der Waals surface area contributed by atoms with Crippen molar-refractivity contribution >= 4 is 16.7 Å². The number of phenols is 1. The summed E-state index contributed by atoms with van der Waals surface area (Å²) >= 11 is 0. The van der Waals surface area contributed by atoms with Gasteiger partial charge in [0, 0.05) is 10.8 Å². The van der Waals surface area contributed by atoms with Gasteiger partial charge < -0.3 is 14.9 Å². The monoisotopic (exact) mass is 456 g/mol. The quantitative estimate of drug-likeness (QED) is 0.220. The molecule has 2 aromatic carbocycles. The molecule has 184 valence electrons. The van der Waals surface area contributed by atoms with Crippen LogP contribution < -0.4 is 4.74 Å². The largest absolute Gasteiger partial charge is 0.506 e. The minimum atomic E-state index is -1.15. The maximum atomic E-state index is 11.4. The Kier molecular flexibility index (Phi) is 12.8. The second-order valence-corrected chi connectivity index (χ2v) is 9.75. The van der Waals surface area contributed by atoms with E-state index < -0.39 is 5.97 Å². The van der Waals surface area contributed by atoms with Crippen LogP contribution in [0.4, 0.5) is 0 Å². The van der Waals surface area contributed by atoms with E-state index in [0.717, 1.165) is 24.1 Å². The maximum absolute atomic E-state index is 11.4. The predicted molar refractivity (Wildman–Crippen MR) is 138 cm³/mol. The molecular formula is C29H44O4. The molecule has 0 unspecified atom stereocenters. The van der Waals surface area contributed by atoms with Gasteiger partial charge in [-0.05, 0) is 18.4 Å². The summed E-state index contributed by atoms with van der Waals surface area (Å²) in [6, 6.07) is 8.65. The summed E-state index contributed by atoms with van der Waals surface area (Å²) in [7, 11) is 0. The molecule has 4 heteroatoms. The van der Waals surface area contributed by atoms with E-state index in [1.165, 1.54) is 83.1 Å². The van der Waals surface area contributed by atoms with E-state index in [9.17, 15) is 15.0 Å². The van der Waals surface area contributed by atoms with Crippen LogP contribution in [-0.4, -0.2) is 22.8 Å². The molecule has 0 aliphatic heterocycles. The first kappa shape index (κ1) is 27.0. The van der Waals surface area contributed by atoms with E-state index >= 15 is 0 Å². The van der Waals surface area contributed by atoms with Crippen molar-refractivity contribution in [1.29, 1.82) is 0 Å². The molecule has 4 nitrogen and oxygen atoms in total. The van der Waals surface area contributed by atoms with Gasteiger partial charge in [0.05, 0.1) is 6.61 Å². The first-order valence-corrected chi connectivity index (χ1v) is 13.1. The summed E-state index contributed by atoms with van der Waals surface area (Å²) in [5.41, 5.74) is -0.116. The summed E-state index contributed by atoms with van der Waals surface area (Å²) in [6.45, 7) is 5.18. The van der Waals surface area contributed by atoms with Crippen molar-refractivity contribution in [2.75, 3.05) is 6.61 Å². The minimum absolute atomic E-state index is 0.116. The third-order valence-electron chi connectivity index (χ3n) is 6.39. The fraction of sp³-hybridized carbons (Fsp3) is 0.621. The zero-order chi connectivity index (χ0) is 23.9. The van der Waals surface area contributed by atoms with Crippen molar-refractivity contribution in [1.82, 2.24) is 0 Å². The zero-order valence-electron chi connectivity index (χ0n) is 20.8. The lowest BCUT2D eigenvalue weighted by molar-refractivity contribution is 0.0693. The fourth-order valence-corrected chi connectivity index (χ4v) is 4.39. The number of hydrogen-bond donors (Lipinski definition) is 2. The zero-order valence-corrected chi connectivity index (χ0v) is 20.8. The van der Waals surface area contributed by atoms with Crippen molar-refractivity contribution < 1.29 is 19.7 Å². The van der Waals surface area contributed by atoms with Crippen LogP contribution in [0, 0.1) is 5.92 Å². The first-order chi connectivity index (χ1) is 16.0. The van der Waals surface area contributed by atoms with Crippen LogP contribution in [0.2, 0.25) is 0 Å². The van der Waals surface area contributed by atoms with Gasteiger partial charge in [-0.2, -0.15) is 0 Å². The minimum Gasteiger partial charge on any atom is -0.506 e. The van der Waals surface area contributed by atoms with E-state index in [2.05, 4.69) is 13.8 Å². The average Bonchev–Trinajstić information content (AvgIpc) is 2.79. The van der Waals surface area contributed by atoms with Gasteiger partial charge in [0.1, 0.15) is 17.1 Å². The van der Waals surface area contributed by atoms with Gasteiger partial charge in [0.15, 0.2) is 0 Å². The van der Waals surface area contributed by atoms with Gasteiger partial charge in [0.25, 0.3) is 0 Å². The van der Waals surface area contributed by atoms with Gasteiger partial charge in [-0.1, -0.05) is 122 Å². The number of fused-ring (bicyclic) bond motifs is 1. The van der Waals surface area contributed by atoms with Crippen LogP contribution in [0.15, 0.2) is 30.3 Å². The third kappa shape index (κ3) is 10.1. The number of hydrogen-bond acceptors (Lipinski definition) is 3. The van der Waals surface area contributed by atoms with E-state index in [0.29, 0.717) is 17.7 Å². The first-order valence-electron chi connectivity index (χ1n) is 13.1. The number of ether oxygens (including phenoxy) is 1. The van der Waals surface area contributed by atoms with Gasteiger partial charge in [-0.15, -0.1) is 0 Å². The molecule has 0 aromatic heterocycles. The van der Waals surface area contributed by atoms with Crippen LogP contribution in [-0.2, 0) is 0 Å². The topological polar surface area (TPSA) is 66.8 Å². The Balaban J connectivity index is 1.52. The van der Waals surface area contributed by atoms with E-state index in [1.54, 1.807) is 12.1 Å². The maximum Gasteiger partial charge on any atom is 0.339 e. The summed E-state index contributed by atoms with van der Waals surface area (Å²) in [5.74, 6) is 0.0294. The summed E-state index contributed by atoms with van der Waals surface area (Å²) < 4.78 is 5.91. The lowest BCUT2D eigenvalue weighted by atomic mass is 10.0. The molecule has 0 aliphatic rings. The molecule has 2 N–H and O–H groups in total. The molecule has 33 heavy (non-hydrogen) atoms. The van der Waals surface area contributed by atoms with Crippen LogP contribution >= 0.6 is 0 Å². The Morgan fingerprint density at radius 2 is 1.27 bits per heavy atom. The molecule has 0 aliphatic carbocycles. The number of rotatable bonds is 18. The summed E-state index contributed by atoms with van der Waals surface area (Å²) in [5, 5.41) is 20.8. The smallest absolute Gasteiger partial charge is 0.339 e. The number of carbonyl (C=O) groups is 1. The molecule has 0 spiro atoms. The van der Waals surface area contributed by atoms with Gasteiger partial charge in [-0.25, -0.2) is 4.79 Å². The molecule has 0 saturated carbocycles. The van der Waals surface area contributed by atoms with Gasteiger partial charge in [0.2, 0.25) is 0 Å². The SMILES string of the molecule is CC(C)CCCCCCCCCCCCCCCOc1cc(C(=O)O)c(O)c2ccccc12. The number of carboxylic acids is 1. The molecule has 0 amide bonds. The Hall–Kier alpha value is -2.23. The lowest BCUT2D eigenvalue weighted by Crippen LogP contribution is -2.02. The molecule has 2 rings (SSSR count). The fourth-order valence-electron chi connectivity index (χ4n) is 4.39. The number of aromatic hydroxyl groups is 1. The third-order valence-corrected chi connectivity index (χ3v) is 6.39. The van der Waals surface area contributed by atoms with Crippen LogP contribution in [0.3, 0.4) is 0 Å². The molecule has 0 fully saturated rings. The molecule has 2 aromatic rings. The van der Waals surface area contributed by atoms with E-state index in [4.69, 9.17) is 4.74 Å². The van der Waals surface area contributed by atoms with Gasteiger partial charge in [-0.3, -0.25) is 0 Å². The number of benzene rings is 2. The molecule has 0 saturated heterocycles. The van der Waals surface area contributed by atoms with Crippen LogP contribution in [0.25, 0.3) is 10.8 Å². The van der Waals surface area contributed by atoms with Crippen LogP contribution in [0.5, 0.6) is 11.5 Å². The molecule has 0 atom stereocenters. The van der Waals surface area contributed by atoms with Crippen LogP contribution in [0.1, 0.15) is 114 Å². The standard InChI is InChI=1S/C29H44O4/c1-23(2)18-14-12-10-8-6-4-3-5-7-9-11-13-17-21-33-27-22-26(29(31)32)28(30)25-20-16-15-19-24(25)27/h15-16,19-20,22-23,30H,3-14,17-18,21H2,1-2H3,(H,31,32). The molecular weight excluding hydrogens is 412 g/mol. The highest BCUT2D eigenvalue weighted by atomic mass is 16.5. The highest BCUT2D eigenvalue weighted by molar-refractivity contribution is 6.03. The second-order valence-electron chi connectivity index (χ2n) is 9.75.